The number of hydrogen-bond donors (Lipinski definition) is 1. The minimum atomic E-state index is -3.47. The predicted molar refractivity (Wildman–Crippen MR) is 88.3 cm³/mol. The Balaban J connectivity index is 2.11. The zero-order valence-corrected chi connectivity index (χ0v) is 13.6. The average Bonchev–Trinajstić information content (AvgIpc) is 2.50. The lowest BCUT2D eigenvalue weighted by atomic mass is 10.1. The molecule has 0 bridgehead atoms. The summed E-state index contributed by atoms with van der Waals surface area (Å²) in [7, 11) is -3.47. The molecule has 1 atom stereocenters. The topological polar surface area (TPSA) is 46.2 Å². The van der Waals surface area contributed by atoms with Gasteiger partial charge in [0.25, 0.3) is 0 Å². The number of nitrogens with one attached hydrogen (secondary N) is 1. The van der Waals surface area contributed by atoms with Crippen LogP contribution in [0.15, 0.2) is 47.4 Å². The standard InChI is InChI=1S/C16H20ClNO2S/c1-13(12-17)6-5-11-18-21(19,20)16-10-4-8-14-7-2-3-9-15(14)16/h2-4,7-10,13,18H,5-6,11-12H2,1H3. The molecule has 2 aromatic rings. The van der Waals surface area contributed by atoms with Gasteiger partial charge in [-0.3, -0.25) is 0 Å². The highest BCUT2D eigenvalue weighted by Crippen LogP contribution is 2.22. The molecule has 5 heteroatoms. The van der Waals surface area contributed by atoms with Crippen molar-refractivity contribution in [2.24, 2.45) is 5.92 Å². The number of alkyl halides is 1. The third kappa shape index (κ3) is 4.19. The van der Waals surface area contributed by atoms with E-state index in [0.717, 1.165) is 23.6 Å². The number of benzene rings is 2. The molecule has 0 saturated heterocycles. The van der Waals surface area contributed by atoms with Crippen molar-refractivity contribution in [3.8, 4) is 0 Å². The lowest BCUT2D eigenvalue weighted by Gasteiger charge is -2.11. The van der Waals surface area contributed by atoms with Crippen molar-refractivity contribution < 1.29 is 8.42 Å². The van der Waals surface area contributed by atoms with Crippen LogP contribution in [-0.4, -0.2) is 20.8 Å². The molecule has 0 amide bonds. The SMILES string of the molecule is CC(CCl)CCCNS(=O)(=O)c1cccc2ccccc12. The van der Waals surface area contributed by atoms with Gasteiger partial charge in [-0.1, -0.05) is 43.3 Å². The fraction of sp³-hybridized carbons (Fsp3) is 0.375. The third-order valence-electron chi connectivity index (χ3n) is 3.47. The van der Waals surface area contributed by atoms with Gasteiger partial charge in [0.2, 0.25) is 10.0 Å². The number of hydrogen-bond acceptors (Lipinski definition) is 2. The highest BCUT2D eigenvalue weighted by Gasteiger charge is 2.16. The molecular formula is C16H20ClNO2S. The molecule has 0 heterocycles. The quantitative estimate of drug-likeness (QED) is 0.622. The Morgan fingerprint density at radius 1 is 1.14 bits per heavy atom. The van der Waals surface area contributed by atoms with E-state index in [-0.39, 0.29) is 0 Å². The normalized spacial score (nSPS) is 13.4. The maximum absolute atomic E-state index is 12.4. The summed E-state index contributed by atoms with van der Waals surface area (Å²) < 4.78 is 27.5. The Kier molecular flexibility index (Phi) is 5.62. The average molecular weight is 326 g/mol. The van der Waals surface area contributed by atoms with Gasteiger partial charge in [0.1, 0.15) is 0 Å². The highest BCUT2D eigenvalue weighted by molar-refractivity contribution is 7.89. The lowest BCUT2D eigenvalue weighted by molar-refractivity contribution is 0.543. The van der Waals surface area contributed by atoms with Gasteiger partial charge >= 0.3 is 0 Å². The zero-order valence-electron chi connectivity index (χ0n) is 12.0. The second-order valence-corrected chi connectivity index (χ2v) is 7.32. The molecule has 0 aliphatic heterocycles. The molecule has 2 rings (SSSR count). The van der Waals surface area contributed by atoms with Crippen LogP contribution < -0.4 is 4.72 Å². The van der Waals surface area contributed by atoms with Crippen LogP contribution in [0.3, 0.4) is 0 Å². The van der Waals surface area contributed by atoms with E-state index in [1.54, 1.807) is 12.1 Å². The van der Waals surface area contributed by atoms with Crippen LogP contribution in [0.2, 0.25) is 0 Å². The van der Waals surface area contributed by atoms with E-state index in [0.29, 0.717) is 23.2 Å². The molecular weight excluding hydrogens is 306 g/mol. The van der Waals surface area contributed by atoms with Crippen molar-refractivity contribution in [2.75, 3.05) is 12.4 Å². The van der Waals surface area contributed by atoms with E-state index < -0.39 is 10.0 Å². The zero-order chi connectivity index (χ0) is 15.3. The van der Waals surface area contributed by atoms with E-state index in [4.69, 9.17) is 11.6 Å². The van der Waals surface area contributed by atoms with Crippen molar-refractivity contribution >= 4 is 32.4 Å². The fourth-order valence-corrected chi connectivity index (χ4v) is 3.70. The smallest absolute Gasteiger partial charge is 0.211 e. The van der Waals surface area contributed by atoms with Crippen molar-refractivity contribution in [2.45, 2.75) is 24.7 Å². The molecule has 3 nitrogen and oxygen atoms in total. The number of rotatable bonds is 7. The largest absolute Gasteiger partial charge is 0.241 e. The molecule has 0 radical (unpaired) electrons. The van der Waals surface area contributed by atoms with Crippen LogP contribution in [0.25, 0.3) is 10.8 Å². The summed E-state index contributed by atoms with van der Waals surface area (Å²) in [5.41, 5.74) is 0. The van der Waals surface area contributed by atoms with E-state index in [1.165, 1.54) is 0 Å². The van der Waals surface area contributed by atoms with Gasteiger partial charge in [0.15, 0.2) is 0 Å². The predicted octanol–water partition coefficient (Wildman–Crippen LogP) is 3.77. The van der Waals surface area contributed by atoms with Crippen molar-refractivity contribution in [3.05, 3.63) is 42.5 Å². The molecule has 0 aromatic heterocycles. The van der Waals surface area contributed by atoms with E-state index in [1.807, 2.05) is 30.3 Å². The molecule has 0 spiro atoms. The maximum atomic E-state index is 12.4. The highest BCUT2D eigenvalue weighted by atomic mass is 35.5. The summed E-state index contributed by atoms with van der Waals surface area (Å²) in [5, 5.41) is 1.68. The van der Waals surface area contributed by atoms with Crippen LogP contribution in [0.1, 0.15) is 19.8 Å². The second-order valence-electron chi connectivity index (χ2n) is 5.28. The van der Waals surface area contributed by atoms with Crippen LogP contribution >= 0.6 is 11.6 Å². The number of halogens is 1. The first kappa shape index (κ1) is 16.3. The molecule has 0 aliphatic carbocycles. The third-order valence-corrected chi connectivity index (χ3v) is 5.51. The van der Waals surface area contributed by atoms with E-state index in [2.05, 4.69) is 11.6 Å². The van der Waals surface area contributed by atoms with Crippen LogP contribution in [0.4, 0.5) is 0 Å². The molecule has 21 heavy (non-hydrogen) atoms. The Morgan fingerprint density at radius 3 is 2.62 bits per heavy atom. The minimum absolute atomic E-state index is 0.339. The first-order valence-electron chi connectivity index (χ1n) is 7.08. The lowest BCUT2D eigenvalue weighted by Crippen LogP contribution is -2.25. The summed E-state index contributed by atoms with van der Waals surface area (Å²) in [6, 6.07) is 12.8. The Morgan fingerprint density at radius 2 is 1.86 bits per heavy atom. The van der Waals surface area contributed by atoms with Gasteiger partial charge in [-0.15, -0.1) is 11.6 Å². The van der Waals surface area contributed by atoms with Crippen LogP contribution in [-0.2, 0) is 10.0 Å². The van der Waals surface area contributed by atoms with Crippen molar-refractivity contribution in [3.63, 3.8) is 0 Å². The van der Waals surface area contributed by atoms with Gasteiger partial charge in [0, 0.05) is 17.8 Å². The molecule has 0 aliphatic rings. The van der Waals surface area contributed by atoms with Crippen LogP contribution in [0.5, 0.6) is 0 Å². The maximum Gasteiger partial charge on any atom is 0.241 e. The molecule has 114 valence electrons. The fourth-order valence-electron chi connectivity index (χ4n) is 2.24. The molecule has 2 aromatic carbocycles. The Hall–Kier alpha value is -1.10. The van der Waals surface area contributed by atoms with Crippen molar-refractivity contribution in [1.29, 1.82) is 0 Å². The molecule has 1 unspecified atom stereocenters. The van der Waals surface area contributed by atoms with Crippen LogP contribution in [0, 0.1) is 5.92 Å². The minimum Gasteiger partial charge on any atom is -0.211 e. The van der Waals surface area contributed by atoms with E-state index >= 15 is 0 Å². The second kappa shape index (κ2) is 7.25. The van der Waals surface area contributed by atoms with E-state index in [9.17, 15) is 8.42 Å². The monoisotopic (exact) mass is 325 g/mol. The summed E-state index contributed by atoms with van der Waals surface area (Å²) >= 11 is 5.74. The van der Waals surface area contributed by atoms with Crippen molar-refractivity contribution in [1.82, 2.24) is 4.72 Å². The number of fused-ring (bicyclic) bond motifs is 1. The van der Waals surface area contributed by atoms with Gasteiger partial charge in [0.05, 0.1) is 4.90 Å². The molecule has 0 fully saturated rings. The summed E-state index contributed by atoms with van der Waals surface area (Å²) in [5.74, 6) is 1.02. The molecule has 0 saturated carbocycles. The van der Waals surface area contributed by atoms with Gasteiger partial charge < -0.3 is 0 Å². The Bertz CT molecular complexity index is 695. The Labute approximate surface area is 131 Å². The summed E-state index contributed by atoms with van der Waals surface area (Å²) in [6.07, 6.45) is 1.71. The molecule has 1 N–H and O–H groups in total. The summed E-state index contributed by atoms with van der Waals surface area (Å²) in [6.45, 7) is 2.50. The summed E-state index contributed by atoms with van der Waals surface area (Å²) in [4.78, 5) is 0.339. The first-order chi connectivity index (χ1) is 10.0. The first-order valence-corrected chi connectivity index (χ1v) is 9.10. The van der Waals surface area contributed by atoms with Gasteiger partial charge in [-0.05, 0) is 30.2 Å². The van der Waals surface area contributed by atoms with Gasteiger partial charge in [-0.2, -0.15) is 0 Å². The van der Waals surface area contributed by atoms with Gasteiger partial charge in [-0.25, -0.2) is 13.1 Å². The number of sulfonamides is 1.